The van der Waals surface area contributed by atoms with Gasteiger partial charge in [0.2, 0.25) is 5.78 Å². The molecule has 0 aliphatic rings. The van der Waals surface area contributed by atoms with Gasteiger partial charge in [-0.1, -0.05) is 37.3 Å². The third-order valence-corrected chi connectivity index (χ3v) is 3.24. The van der Waals surface area contributed by atoms with Crippen LogP contribution < -0.4 is 0 Å². The summed E-state index contributed by atoms with van der Waals surface area (Å²) in [5, 5.41) is 10.3. The van der Waals surface area contributed by atoms with Crippen molar-refractivity contribution in [1.82, 2.24) is 0 Å². The number of ether oxygens (including phenoxy) is 1. The number of carbonyl (C=O) groups is 2. The quantitative estimate of drug-likeness (QED) is 0.620. The maximum Gasteiger partial charge on any atom is 0.337 e. The molecule has 4 nitrogen and oxygen atoms in total. The Morgan fingerprint density at radius 3 is 2.24 bits per heavy atom. The van der Waals surface area contributed by atoms with Crippen molar-refractivity contribution in [3.63, 3.8) is 0 Å². The largest absolute Gasteiger partial charge is 0.466 e. The van der Waals surface area contributed by atoms with Crippen LogP contribution in [0.2, 0.25) is 0 Å². The van der Waals surface area contributed by atoms with E-state index in [9.17, 15) is 23.5 Å². The van der Waals surface area contributed by atoms with Crippen LogP contribution in [0.15, 0.2) is 30.3 Å². The Kier molecular flexibility index (Phi) is 5.54. The SMILES string of the molecule is CCOC(=O)CC(=O)C(F)(F)C(O)(CC)c1ccccc1. The van der Waals surface area contributed by atoms with Crippen LogP contribution in [0.1, 0.15) is 32.3 Å². The second-order valence-corrected chi connectivity index (χ2v) is 4.56. The number of ketones is 1. The van der Waals surface area contributed by atoms with Gasteiger partial charge in [-0.25, -0.2) is 0 Å². The van der Waals surface area contributed by atoms with Gasteiger partial charge in [-0.05, 0) is 18.9 Å². The molecule has 1 rings (SSSR count). The van der Waals surface area contributed by atoms with Crippen molar-refractivity contribution in [2.24, 2.45) is 0 Å². The molecular formula is C15H18F2O4. The molecule has 0 heterocycles. The minimum Gasteiger partial charge on any atom is -0.466 e. The number of alkyl halides is 2. The fraction of sp³-hybridized carbons (Fsp3) is 0.467. The van der Waals surface area contributed by atoms with Crippen LogP contribution in [0, 0.1) is 0 Å². The number of Topliss-reactive ketones (excluding diaryl/α,β-unsaturated/α-hetero) is 1. The predicted molar refractivity (Wildman–Crippen MR) is 71.8 cm³/mol. The highest BCUT2D eigenvalue weighted by Gasteiger charge is 2.58. The molecule has 0 fully saturated rings. The topological polar surface area (TPSA) is 63.6 Å². The normalized spacial score (nSPS) is 14.3. The number of aliphatic hydroxyl groups is 1. The smallest absolute Gasteiger partial charge is 0.337 e. The molecule has 1 aromatic carbocycles. The first kappa shape index (κ1) is 17.2. The van der Waals surface area contributed by atoms with E-state index in [0.717, 1.165) is 0 Å². The van der Waals surface area contributed by atoms with E-state index in [-0.39, 0.29) is 18.6 Å². The number of hydrogen-bond acceptors (Lipinski definition) is 4. The first-order valence-corrected chi connectivity index (χ1v) is 6.64. The van der Waals surface area contributed by atoms with Gasteiger partial charge in [-0.15, -0.1) is 0 Å². The van der Waals surface area contributed by atoms with Crippen molar-refractivity contribution in [2.45, 2.75) is 38.2 Å². The van der Waals surface area contributed by atoms with Crippen molar-refractivity contribution in [2.75, 3.05) is 6.61 Å². The number of halogens is 2. The van der Waals surface area contributed by atoms with Gasteiger partial charge in [-0.3, -0.25) is 9.59 Å². The Morgan fingerprint density at radius 1 is 1.19 bits per heavy atom. The maximum absolute atomic E-state index is 14.3. The molecule has 0 aliphatic carbocycles. The number of hydrogen-bond donors (Lipinski definition) is 1. The van der Waals surface area contributed by atoms with E-state index in [1.165, 1.54) is 38.1 Å². The summed E-state index contributed by atoms with van der Waals surface area (Å²) in [5.74, 6) is -6.78. The minimum atomic E-state index is -4.09. The van der Waals surface area contributed by atoms with Crippen LogP contribution in [-0.2, 0) is 19.9 Å². The third-order valence-electron chi connectivity index (χ3n) is 3.24. The summed E-state index contributed by atoms with van der Waals surface area (Å²) in [6.07, 6.45) is -1.45. The minimum absolute atomic E-state index is 0.00554. The van der Waals surface area contributed by atoms with Gasteiger partial charge in [0, 0.05) is 0 Å². The van der Waals surface area contributed by atoms with Gasteiger partial charge in [0.25, 0.3) is 0 Å². The number of rotatable bonds is 7. The molecule has 1 atom stereocenters. The number of esters is 1. The molecule has 0 saturated heterocycles. The average molecular weight is 300 g/mol. The van der Waals surface area contributed by atoms with E-state index >= 15 is 0 Å². The van der Waals surface area contributed by atoms with Crippen LogP contribution in [0.4, 0.5) is 8.78 Å². The van der Waals surface area contributed by atoms with Crippen LogP contribution in [0.5, 0.6) is 0 Å². The summed E-state index contributed by atoms with van der Waals surface area (Å²) < 4.78 is 33.2. The fourth-order valence-electron chi connectivity index (χ4n) is 2.01. The van der Waals surface area contributed by atoms with Crippen LogP contribution >= 0.6 is 0 Å². The summed E-state index contributed by atoms with van der Waals surface area (Å²) in [5.41, 5.74) is -2.73. The molecule has 6 heteroatoms. The zero-order valence-electron chi connectivity index (χ0n) is 11.9. The predicted octanol–water partition coefficient (Wildman–Crippen LogP) is 2.44. The van der Waals surface area contributed by atoms with E-state index in [0.29, 0.717) is 0 Å². The molecule has 0 bridgehead atoms. The van der Waals surface area contributed by atoms with Crippen molar-refractivity contribution in [1.29, 1.82) is 0 Å². The Labute approximate surface area is 121 Å². The molecule has 21 heavy (non-hydrogen) atoms. The monoisotopic (exact) mass is 300 g/mol. The lowest BCUT2D eigenvalue weighted by Gasteiger charge is -2.34. The average Bonchev–Trinajstić information content (AvgIpc) is 2.47. The highest BCUT2D eigenvalue weighted by atomic mass is 19.3. The maximum atomic E-state index is 14.3. The highest BCUT2D eigenvalue weighted by Crippen LogP contribution is 2.41. The first-order valence-electron chi connectivity index (χ1n) is 6.64. The van der Waals surface area contributed by atoms with Crippen molar-refractivity contribution in [3.05, 3.63) is 35.9 Å². The molecule has 0 saturated carbocycles. The lowest BCUT2D eigenvalue weighted by molar-refractivity contribution is -0.197. The van der Waals surface area contributed by atoms with Gasteiger partial charge in [-0.2, -0.15) is 8.78 Å². The molecule has 1 unspecified atom stereocenters. The summed E-state index contributed by atoms with van der Waals surface area (Å²) in [6, 6.07) is 7.21. The van der Waals surface area contributed by atoms with Crippen molar-refractivity contribution < 1.29 is 28.2 Å². The van der Waals surface area contributed by atoms with Gasteiger partial charge in [0.15, 0.2) is 5.60 Å². The summed E-state index contributed by atoms with van der Waals surface area (Å²) >= 11 is 0. The number of benzene rings is 1. The molecule has 0 radical (unpaired) electrons. The van der Waals surface area contributed by atoms with Crippen molar-refractivity contribution >= 4 is 11.8 Å². The summed E-state index contributed by atoms with van der Waals surface area (Å²) in [4.78, 5) is 22.9. The van der Waals surface area contributed by atoms with Gasteiger partial charge in [0.05, 0.1) is 6.61 Å². The van der Waals surface area contributed by atoms with E-state index < -0.39 is 29.7 Å². The summed E-state index contributed by atoms with van der Waals surface area (Å²) in [6.45, 7) is 2.85. The highest BCUT2D eigenvalue weighted by molar-refractivity contribution is 6.00. The Balaban J connectivity index is 3.07. The van der Waals surface area contributed by atoms with Gasteiger partial charge < -0.3 is 9.84 Å². The third kappa shape index (κ3) is 3.44. The second-order valence-electron chi connectivity index (χ2n) is 4.56. The molecule has 1 N–H and O–H groups in total. The first-order chi connectivity index (χ1) is 9.79. The Hall–Kier alpha value is -1.82. The molecule has 116 valence electrons. The Bertz CT molecular complexity index is 502. The fourth-order valence-corrected chi connectivity index (χ4v) is 2.01. The molecule has 0 aliphatic heterocycles. The van der Waals surface area contributed by atoms with Crippen molar-refractivity contribution in [3.8, 4) is 0 Å². The van der Waals surface area contributed by atoms with Crippen LogP contribution in [0.3, 0.4) is 0 Å². The second kappa shape index (κ2) is 6.76. The van der Waals surface area contributed by atoms with E-state index in [4.69, 9.17) is 0 Å². The Morgan fingerprint density at radius 2 is 1.76 bits per heavy atom. The molecule has 1 aromatic rings. The standard InChI is InChI=1S/C15H18F2O4/c1-3-14(20,11-8-6-5-7-9-11)15(16,17)12(18)10-13(19)21-4-2/h5-9,20H,3-4,10H2,1-2H3. The van der Waals surface area contributed by atoms with E-state index in [1.807, 2.05) is 0 Å². The molecule has 0 spiro atoms. The molecular weight excluding hydrogens is 282 g/mol. The zero-order chi connectivity index (χ0) is 16.1. The van der Waals surface area contributed by atoms with Crippen LogP contribution in [0.25, 0.3) is 0 Å². The van der Waals surface area contributed by atoms with E-state index in [2.05, 4.69) is 4.74 Å². The molecule has 0 aromatic heterocycles. The summed E-state index contributed by atoms with van der Waals surface area (Å²) in [7, 11) is 0. The zero-order valence-corrected chi connectivity index (χ0v) is 11.9. The lowest BCUT2D eigenvalue weighted by Crippen LogP contribution is -2.51. The molecule has 0 amide bonds. The van der Waals surface area contributed by atoms with Gasteiger partial charge in [0.1, 0.15) is 6.42 Å². The lowest BCUT2D eigenvalue weighted by atomic mass is 9.82. The van der Waals surface area contributed by atoms with Crippen LogP contribution in [-0.4, -0.2) is 29.4 Å². The number of carbonyl (C=O) groups excluding carboxylic acids is 2. The van der Waals surface area contributed by atoms with Gasteiger partial charge >= 0.3 is 11.9 Å². The van der Waals surface area contributed by atoms with E-state index in [1.54, 1.807) is 6.07 Å².